The molecule has 148 valence electrons. The third-order valence-corrected chi connectivity index (χ3v) is 7.90. The zero-order valence-corrected chi connectivity index (χ0v) is 17.8. The van der Waals surface area contributed by atoms with Gasteiger partial charge in [0.2, 0.25) is 0 Å². The minimum atomic E-state index is -0.147. The molecule has 0 saturated heterocycles. The maximum absolute atomic E-state index is 12.4. The summed E-state index contributed by atoms with van der Waals surface area (Å²) in [6, 6.07) is 10.8. The molecule has 4 unspecified atom stereocenters. The monoisotopic (exact) mass is 443 g/mol. The second-order valence-corrected chi connectivity index (χ2v) is 9.48. The lowest BCUT2D eigenvalue weighted by Gasteiger charge is -2.44. The predicted molar refractivity (Wildman–Crippen MR) is 110 cm³/mol. The first kappa shape index (κ1) is 18.4. The Morgan fingerprint density at radius 2 is 2.11 bits per heavy atom. The summed E-state index contributed by atoms with van der Waals surface area (Å²) in [5.74, 6) is 2.01. The molecule has 0 aromatic heterocycles. The Kier molecular flexibility index (Phi) is 4.63. The van der Waals surface area contributed by atoms with Gasteiger partial charge in [-0.3, -0.25) is 14.7 Å². The Hall–Kier alpha value is -1.59. The van der Waals surface area contributed by atoms with Gasteiger partial charge in [0, 0.05) is 23.0 Å². The number of rotatable bonds is 3. The molecule has 0 bridgehead atoms. The summed E-state index contributed by atoms with van der Waals surface area (Å²) in [4.78, 5) is 18.0. The molecule has 2 heterocycles. The number of hydrogen-bond donors (Lipinski definition) is 0. The van der Waals surface area contributed by atoms with Gasteiger partial charge in [-0.15, -0.1) is 0 Å². The zero-order valence-electron chi connectivity index (χ0n) is 16.2. The lowest BCUT2D eigenvalue weighted by atomic mass is 9.60. The highest BCUT2D eigenvalue weighted by Gasteiger charge is 2.59. The number of Topliss-reactive ketones (excluding diaryl/α,β-unsaturated/α-hetero) is 1. The molecule has 1 spiro atoms. The number of hydroxylamine groups is 2. The largest absolute Gasteiger partial charge is 0.493 e. The van der Waals surface area contributed by atoms with Crippen molar-refractivity contribution in [1.82, 2.24) is 5.06 Å². The van der Waals surface area contributed by atoms with Crippen LogP contribution in [0, 0.1) is 17.3 Å². The third kappa shape index (κ3) is 2.86. The lowest BCUT2D eigenvalue weighted by molar-refractivity contribution is -0.122. The van der Waals surface area contributed by atoms with E-state index in [1.165, 1.54) is 11.1 Å². The lowest BCUT2D eigenvalue weighted by Crippen LogP contribution is -2.42. The summed E-state index contributed by atoms with van der Waals surface area (Å²) in [7, 11) is 1.70. The molecule has 2 aliphatic carbocycles. The number of nitrogens with zero attached hydrogens (tertiary/aromatic N) is 1. The Morgan fingerprint density at radius 1 is 1.29 bits per heavy atom. The van der Waals surface area contributed by atoms with Crippen LogP contribution in [0.4, 0.5) is 0 Å². The number of benzene rings is 1. The maximum atomic E-state index is 12.4. The van der Waals surface area contributed by atoms with Gasteiger partial charge in [-0.1, -0.05) is 46.3 Å². The van der Waals surface area contributed by atoms with Gasteiger partial charge in [0.15, 0.2) is 0 Å². The van der Waals surface area contributed by atoms with Gasteiger partial charge in [0.25, 0.3) is 0 Å². The molecule has 5 rings (SSSR count). The van der Waals surface area contributed by atoms with Crippen molar-refractivity contribution in [2.24, 2.45) is 17.3 Å². The van der Waals surface area contributed by atoms with Crippen molar-refractivity contribution >= 4 is 21.7 Å². The SMILES string of the molecule is CON1C=C(Br)C23CC(Cc4ccccc4)CCC2OC2=C3C(CC(=O)C2)C1. The number of carbonyl (C=O) groups excluding carboxylic acids is 1. The van der Waals surface area contributed by atoms with Crippen LogP contribution in [0.15, 0.2) is 52.3 Å². The highest BCUT2D eigenvalue weighted by atomic mass is 79.9. The van der Waals surface area contributed by atoms with Crippen LogP contribution in [-0.4, -0.2) is 30.6 Å². The van der Waals surface area contributed by atoms with Crippen molar-refractivity contribution in [2.75, 3.05) is 13.7 Å². The average Bonchev–Trinajstić information content (AvgIpc) is 2.96. The fourth-order valence-electron chi connectivity index (χ4n) is 5.90. The van der Waals surface area contributed by atoms with E-state index < -0.39 is 0 Å². The molecule has 1 aromatic carbocycles. The van der Waals surface area contributed by atoms with E-state index in [4.69, 9.17) is 9.57 Å². The fraction of sp³-hybridized carbons (Fsp3) is 0.522. The van der Waals surface area contributed by atoms with E-state index in [0.717, 1.165) is 35.9 Å². The summed E-state index contributed by atoms with van der Waals surface area (Å²) < 4.78 is 7.61. The Morgan fingerprint density at radius 3 is 2.89 bits per heavy atom. The Labute approximate surface area is 174 Å². The van der Waals surface area contributed by atoms with Gasteiger partial charge >= 0.3 is 0 Å². The summed E-state index contributed by atoms with van der Waals surface area (Å²) in [6.45, 7) is 0.706. The Bertz CT molecular complexity index is 849. The second-order valence-electron chi connectivity index (χ2n) is 8.63. The first-order valence-corrected chi connectivity index (χ1v) is 11.0. The minimum Gasteiger partial charge on any atom is -0.493 e. The second kappa shape index (κ2) is 7.03. The molecule has 0 radical (unpaired) electrons. The quantitative estimate of drug-likeness (QED) is 0.674. The summed E-state index contributed by atoms with van der Waals surface area (Å²) in [6.07, 6.45) is 7.60. The van der Waals surface area contributed by atoms with Crippen LogP contribution in [0.25, 0.3) is 0 Å². The van der Waals surface area contributed by atoms with Gasteiger partial charge in [0.05, 0.1) is 25.5 Å². The van der Waals surface area contributed by atoms with E-state index in [1.807, 2.05) is 5.06 Å². The normalized spacial score (nSPS) is 34.4. The van der Waals surface area contributed by atoms with E-state index >= 15 is 0 Å². The molecule has 5 heteroatoms. The molecule has 2 aliphatic heterocycles. The van der Waals surface area contributed by atoms with E-state index in [1.54, 1.807) is 7.11 Å². The minimum absolute atomic E-state index is 0.125. The first-order chi connectivity index (χ1) is 13.6. The van der Waals surface area contributed by atoms with Gasteiger partial charge in [-0.2, -0.15) is 0 Å². The van der Waals surface area contributed by atoms with Gasteiger partial charge in [-0.05, 0) is 42.7 Å². The van der Waals surface area contributed by atoms with Crippen LogP contribution in [0.5, 0.6) is 0 Å². The van der Waals surface area contributed by atoms with Crippen molar-refractivity contribution in [3.63, 3.8) is 0 Å². The number of ketones is 1. The smallest absolute Gasteiger partial charge is 0.141 e. The van der Waals surface area contributed by atoms with E-state index in [0.29, 0.717) is 25.3 Å². The molecule has 4 aliphatic rings. The molecule has 4 atom stereocenters. The number of allylic oxidation sites excluding steroid dienone is 1. The Balaban J connectivity index is 1.55. The van der Waals surface area contributed by atoms with Crippen molar-refractivity contribution in [3.8, 4) is 0 Å². The molecular formula is C23H26BrNO3. The third-order valence-electron chi connectivity index (χ3n) is 6.99. The summed E-state index contributed by atoms with van der Waals surface area (Å²) in [5.41, 5.74) is 2.63. The zero-order chi connectivity index (χ0) is 19.3. The maximum Gasteiger partial charge on any atom is 0.141 e. The molecule has 1 saturated carbocycles. The van der Waals surface area contributed by atoms with Crippen molar-refractivity contribution in [3.05, 3.63) is 57.9 Å². The average molecular weight is 444 g/mol. The van der Waals surface area contributed by atoms with Crippen LogP contribution >= 0.6 is 15.9 Å². The molecule has 1 aromatic rings. The standard InChI is InChI=1S/C23H26BrNO3/c1-27-25-13-17-10-18(26)11-19-22(17)23(20(24)14-25)12-16(7-8-21(23)28-19)9-15-5-3-2-4-6-15/h2-6,14,16-17,21H,7-13H2,1H3. The number of halogens is 1. The molecule has 0 N–H and O–H groups in total. The van der Waals surface area contributed by atoms with E-state index in [9.17, 15) is 4.79 Å². The van der Waals surface area contributed by atoms with Crippen LogP contribution in [0.3, 0.4) is 0 Å². The van der Waals surface area contributed by atoms with Gasteiger partial charge in [-0.25, -0.2) is 0 Å². The van der Waals surface area contributed by atoms with Crippen LogP contribution in [-0.2, 0) is 20.8 Å². The van der Waals surface area contributed by atoms with E-state index in [-0.39, 0.29) is 23.2 Å². The number of carbonyl (C=O) groups is 1. The summed E-state index contributed by atoms with van der Waals surface area (Å²) >= 11 is 3.94. The topological polar surface area (TPSA) is 38.8 Å². The van der Waals surface area contributed by atoms with Crippen molar-refractivity contribution in [2.45, 2.75) is 44.6 Å². The van der Waals surface area contributed by atoms with E-state index in [2.05, 4.69) is 52.5 Å². The van der Waals surface area contributed by atoms with Crippen LogP contribution in [0.2, 0.25) is 0 Å². The van der Waals surface area contributed by atoms with Gasteiger partial charge < -0.3 is 4.74 Å². The molecule has 0 amide bonds. The number of hydrogen-bond acceptors (Lipinski definition) is 4. The first-order valence-electron chi connectivity index (χ1n) is 10.2. The molecular weight excluding hydrogens is 418 g/mol. The predicted octanol–water partition coefficient (Wildman–Crippen LogP) is 4.76. The van der Waals surface area contributed by atoms with Gasteiger partial charge in [0.1, 0.15) is 17.6 Å². The molecule has 1 fully saturated rings. The van der Waals surface area contributed by atoms with Crippen molar-refractivity contribution < 1.29 is 14.4 Å². The highest BCUT2D eigenvalue weighted by Crippen LogP contribution is 2.63. The number of ether oxygens (including phenoxy) is 1. The molecule has 28 heavy (non-hydrogen) atoms. The fourth-order valence-corrected chi connectivity index (χ4v) is 6.76. The van der Waals surface area contributed by atoms with Crippen LogP contribution < -0.4 is 0 Å². The van der Waals surface area contributed by atoms with Crippen LogP contribution in [0.1, 0.15) is 37.7 Å². The highest BCUT2D eigenvalue weighted by molar-refractivity contribution is 9.11. The van der Waals surface area contributed by atoms with Crippen molar-refractivity contribution in [1.29, 1.82) is 0 Å². The molecule has 4 nitrogen and oxygen atoms in total. The summed E-state index contributed by atoms with van der Waals surface area (Å²) in [5, 5.41) is 1.88.